The zero-order valence-corrected chi connectivity index (χ0v) is 8.12. The van der Waals surface area contributed by atoms with Crippen molar-refractivity contribution in [3.8, 4) is 0 Å². The van der Waals surface area contributed by atoms with E-state index in [1.54, 1.807) is 6.20 Å². The molecule has 1 rings (SSSR count). The SMILES string of the molecule is CC[C@H](CO)NC(C)c1ccn[nH]1. The van der Waals surface area contributed by atoms with Crippen molar-refractivity contribution in [2.24, 2.45) is 0 Å². The van der Waals surface area contributed by atoms with Gasteiger partial charge in [-0.3, -0.25) is 5.10 Å². The second-order valence-electron chi connectivity index (χ2n) is 3.19. The number of aliphatic hydroxyl groups excluding tert-OH is 1. The van der Waals surface area contributed by atoms with Crippen LogP contribution < -0.4 is 5.32 Å². The summed E-state index contributed by atoms with van der Waals surface area (Å²) in [6, 6.07) is 2.31. The molecule has 0 aliphatic carbocycles. The lowest BCUT2D eigenvalue weighted by atomic mass is 10.2. The molecule has 1 aromatic rings. The molecule has 0 saturated carbocycles. The first-order valence-electron chi connectivity index (χ1n) is 4.64. The smallest absolute Gasteiger partial charge is 0.0584 e. The van der Waals surface area contributed by atoms with Crippen LogP contribution in [0.2, 0.25) is 0 Å². The quantitative estimate of drug-likeness (QED) is 0.633. The topological polar surface area (TPSA) is 60.9 Å². The molecule has 1 unspecified atom stereocenters. The van der Waals surface area contributed by atoms with Crippen LogP contribution in [-0.2, 0) is 0 Å². The molecule has 0 radical (unpaired) electrons. The van der Waals surface area contributed by atoms with Gasteiger partial charge in [-0.05, 0) is 19.4 Å². The van der Waals surface area contributed by atoms with Crippen LogP contribution >= 0.6 is 0 Å². The molecule has 3 N–H and O–H groups in total. The molecule has 74 valence electrons. The van der Waals surface area contributed by atoms with E-state index < -0.39 is 0 Å². The van der Waals surface area contributed by atoms with E-state index in [9.17, 15) is 0 Å². The van der Waals surface area contributed by atoms with E-state index in [1.807, 2.05) is 19.9 Å². The molecular formula is C9H17N3O. The number of rotatable bonds is 5. The minimum Gasteiger partial charge on any atom is -0.395 e. The Hall–Kier alpha value is -0.870. The molecule has 1 heterocycles. The Morgan fingerprint density at radius 2 is 2.46 bits per heavy atom. The number of H-pyrrole nitrogens is 1. The lowest BCUT2D eigenvalue weighted by Gasteiger charge is -2.19. The molecule has 13 heavy (non-hydrogen) atoms. The van der Waals surface area contributed by atoms with Gasteiger partial charge in [0.05, 0.1) is 12.3 Å². The third-order valence-corrected chi connectivity index (χ3v) is 2.19. The van der Waals surface area contributed by atoms with E-state index in [0.717, 1.165) is 12.1 Å². The Kier molecular flexibility index (Phi) is 3.92. The first kappa shape index (κ1) is 10.2. The predicted molar refractivity (Wildman–Crippen MR) is 51.3 cm³/mol. The van der Waals surface area contributed by atoms with Gasteiger partial charge in [0.2, 0.25) is 0 Å². The Balaban J connectivity index is 2.45. The highest BCUT2D eigenvalue weighted by Crippen LogP contribution is 2.09. The van der Waals surface area contributed by atoms with Crippen LogP contribution in [0.5, 0.6) is 0 Å². The van der Waals surface area contributed by atoms with Crippen molar-refractivity contribution < 1.29 is 5.11 Å². The second-order valence-corrected chi connectivity index (χ2v) is 3.19. The van der Waals surface area contributed by atoms with Crippen LogP contribution in [0.3, 0.4) is 0 Å². The number of aromatic amines is 1. The van der Waals surface area contributed by atoms with Gasteiger partial charge in [-0.2, -0.15) is 5.10 Å². The Bertz CT molecular complexity index is 219. The third-order valence-electron chi connectivity index (χ3n) is 2.19. The average Bonchev–Trinajstić information content (AvgIpc) is 2.66. The molecule has 1 aromatic heterocycles. The van der Waals surface area contributed by atoms with Gasteiger partial charge in [0.15, 0.2) is 0 Å². The normalized spacial score (nSPS) is 15.6. The van der Waals surface area contributed by atoms with Crippen molar-refractivity contribution >= 4 is 0 Å². The Labute approximate surface area is 78.4 Å². The summed E-state index contributed by atoms with van der Waals surface area (Å²) in [6.45, 7) is 4.27. The van der Waals surface area contributed by atoms with Gasteiger partial charge >= 0.3 is 0 Å². The van der Waals surface area contributed by atoms with Crippen LogP contribution in [0.15, 0.2) is 12.3 Å². The van der Waals surface area contributed by atoms with E-state index >= 15 is 0 Å². The highest BCUT2D eigenvalue weighted by molar-refractivity contribution is 5.03. The molecule has 0 aliphatic heterocycles. The van der Waals surface area contributed by atoms with Crippen molar-refractivity contribution in [1.29, 1.82) is 0 Å². The van der Waals surface area contributed by atoms with Crippen LogP contribution in [0.25, 0.3) is 0 Å². The van der Waals surface area contributed by atoms with E-state index in [0.29, 0.717) is 0 Å². The van der Waals surface area contributed by atoms with Crippen molar-refractivity contribution in [3.63, 3.8) is 0 Å². The highest BCUT2D eigenvalue weighted by Gasteiger charge is 2.11. The summed E-state index contributed by atoms with van der Waals surface area (Å²) in [5.41, 5.74) is 1.05. The van der Waals surface area contributed by atoms with E-state index in [-0.39, 0.29) is 18.7 Å². The minimum atomic E-state index is 0.165. The standard InChI is InChI=1S/C9H17N3O/c1-3-8(6-13)11-7(2)9-4-5-10-12-9/h4-5,7-8,11,13H,3,6H2,1-2H3,(H,10,12)/t7?,8-/m1/s1. The first-order valence-corrected chi connectivity index (χ1v) is 4.64. The van der Waals surface area contributed by atoms with Crippen LogP contribution in [0.4, 0.5) is 0 Å². The van der Waals surface area contributed by atoms with Crippen LogP contribution in [0, 0.1) is 0 Å². The Morgan fingerprint density at radius 1 is 1.69 bits per heavy atom. The van der Waals surface area contributed by atoms with Crippen LogP contribution in [-0.4, -0.2) is 28.0 Å². The van der Waals surface area contributed by atoms with E-state index in [2.05, 4.69) is 15.5 Å². The molecule has 2 atom stereocenters. The third kappa shape index (κ3) is 2.82. The fraction of sp³-hybridized carbons (Fsp3) is 0.667. The fourth-order valence-electron chi connectivity index (χ4n) is 1.25. The monoisotopic (exact) mass is 183 g/mol. The zero-order chi connectivity index (χ0) is 9.68. The zero-order valence-electron chi connectivity index (χ0n) is 8.12. The molecule has 0 aliphatic rings. The molecule has 0 fully saturated rings. The lowest BCUT2D eigenvalue weighted by Crippen LogP contribution is -2.34. The van der Waals surface area contributed by atoms with Crippen molar-refractivity contribution in [1.82, 2.24) is 15.5 Å². The van der Waals surface area contributed by atoms with Gasteiger partial charge in [-0.15, -0.1) is 0 Å². The van der Waals surface area contributed by atoms with Crippen molar-refractivity contribution in [2.45, 2.75) is 32.4 Å². The van der Waals surface area contributed by atoms with Gasteiger partial charge < -0.3 is 10.4 Å². The summed E-state index contributed by atoms with van der Waals surface area (Å²) in [7, 11) is 0. The fourth-order valence-corrected chi connectivity index (χ4v) is 1.25. The largest absolute Gasteiger partial charge is 0.395 e. The maximum atomic E-state index is 8.98. The number of hydrogen-bond acceptors (Lipinski definition) is 3. The van der Waals surface area contributed by atoms with Gasteiger partial charge in [0.25, 0.3) is 0 Å². The summed E-state index contributed by atoms with van der Waals surface area (Å²) < 4.78 is 0. The number of nitrogens with one attached hydrogen (secondary N) is 2. The summed E-state index contributed by atoms with van der Waals surface area (Å²) in [5.74, 6) is 0. The van der Waals surface area contributed by atoms with E-state index in [1.165, 1.54) is 0 Å². The van der Waals surface area contributed by atoms with Gasteiger partial charge in [-0.25, -0.2) is 0 Å². The average molecular weight is 183 g/mol. The summed E-state index contributed by atoms with van der Waals surface area (Å²) in [5, 5.41) is 19.1. The number of aliphatic hydroxyl groups is 1. The molecule has 0 bridgehead atoms. The molecule has 4 heteroatoms. The predicted octanol–water partition coefficient (Wildman–Crippen LogP) is 0.831. The maximum Gasteiger partial charge on any atom is 0.0584 e. The highest BCUT2D eigenvalue weighted by atomic mass is 16.3. The van der Waals surface area contributed by atoms with Gasteiger partial charge in [-0.1, -0.05) is 6.92 Å². The van der Waals surface area contributed by atoms with Crippen molar-refractivity contribution in [3.05, 3.63) is 18.0 Å². The van der Waals surface area contributed by atoms with Gasteiger partial charge in [0, 0.05) is 18.3 Å². The van der Waals surface area contributed by atoms with E-state index in [4.69, 9.17) is 5.11 Å². The van der Waals surface area contributed by atoms with Crippen molar-refractivity contribution in [2.75, 3.05) is 6.61 Å². The molecule has 0 amide bonds. The Morgan fingerprint density at radius 3 is 2.92 bits per heavy atom. The maximum absolute atomic E-state index is 8.98. The lowest BCUT2D eigenvalue weighted by molar-refractivity contribution is 0.229. The number of aromatic nitrogens is 2. The molecule has 0 spiro atoms. The van der Waals surface area contributed by atoms with Gasteiger partial charge in [0.1, 0.15) is 0 Å². The first-order chi connectivity index (χ1) is 6.27. The second kappa shape index (κ2) is 4.99. The summed E-state index contributed by atoms with van der Waals surface area (Å²) in [4.78, 5) is 0. The summed E-state index contributed by atoms with van der Waals surface area (Å²) in [6.07, 6.45) is 2.66. The molecule has 0 aromatic carbocycles. The number of nitrogens with zero attached hydrogens (tertiary/aromatic N) is 1. The van der Waals surface area contributed by atoms with Crippen LogP contribution in [0.1, 0.15) is 32.0 Å². The minimum absolute atomic E-state index is 0.165. The molecule has 4 nitrogen and oxygen atoms in total. The molecular weight excluding hydrogens is 166 g/mol. The number of hydrogen-bond donors (Lipinski definition) is 3. The molecule has 0 saturated heterocycles. The summed E-state index contributed by atoms with van der Waals surface area (Å²) >= 11 is 0.